The van der Waals surface area contributed by atoms with E-state index in [0.29, 0.717) is 0 Å². The number of unbranched alkanes of at least 4 members (excludes halogenated alkanes) is 15. The minimum atomic E-state index is 1.18. The smallest absolute Gasteiger partial charge is 0.0169 e. The maximum Gasteiger partial charge on any atom is 0.0169 e. The van der Waals surface area contributed by atoms with Gasteiger partial charge in [0.2, 0.25) is 0 Å². The second-order valence-electron chi connectivity index (χ2n) is 8.05. The summed E-state index contributed by atoms with van der Waals surface area (Å²) in [5.74, 6) is 0. The molecule has 0 rings (SSSR count). The largest absolute Gasteiger partial charge is 0.382 e. The van der Waals surface area contributed by atoms with Crippen molar-refractivity contribution < 1.29 is 0 Å². The lowest BCUT2D eigenvalue weighted by Gasteiger charge is -2.15. The van der Waals surface area contributed by atoms with E-state index >= 15 is 0 Å². The Kier molecular flexibility index (Phi) is 19.1. The Morgan fingerprint density at radius 1 is 0.480 bits per heavy atom. The molecule has 0 aromatic heterocycles. The minimum absolute atomic E-state index is 1.18. The van der Waals surface area contributed by atoms with Gasteiger partial charge in [0.25, 0.3) is 0 Å². The molecule has 0 saturated carbocycles. The van der Waals surface area contributed by atoms with Crippen LogP contribution in [0, 0.1) is 0 Å². The molecule has 150 valence electrons. The molecule has 0 unspecified atom stereocenters. The monoisotopic (exact) mass is 352 g/mol. The van der Waals surface area contributed by atoms with Crippen molar-refractivity contribution in [3.05, 3.63) is 12.4 Å². The SMILES string of the molecule is CCCCCCCCCCCCCCCCCCN(C)/C=C/N(C)C. The van der Waals surface area contributed by atoms with Crippen LogP contribution in [0.2, 0.25) is 0 Å². The van der Waals surface area contributed by atoms with Crippen molar-refractivity contribution in [2.45, 2.75) is 110 Å². The molecule has 0 saturated heterocycles. The highest BCUT2D eigenvalue weighted by molar-refractivity contribution is 4.77. The summed E-state index contributed by atoms with van der Waals surface area (Å²) >= 11 is 0. The molecule has 0 N–H and O–H groups in total. The normalized spacial score (nSPS) is 11.4. The van der Waals surface area contributed by atoms with Gasteiger partial charge in [-0.1, -0.05) is 103 Å². The number of hydrogen-bond donors (Lipinski definition) is 0. The van der Waals surface area contributed by atoms with Gasteiger partial charge in [0.05, 0.1) is 0 Å². The van der Waals surface area contributed by atoms with Crippen LogP contribution in [0.1, 0.15) is 110 Å². The molecule has 0 aromatic rings. The Morgan fingerprint density at radius 2 is 0.840 bits per heavy atom. The van der Waals surface area contributed by atoms with Gasteiger partial charge in [0.1, 0.15) is 0 Å². The lowest BCUT2D eigenvalue weighted by molar-refractivity contribution is 0.417. The molecule has 0 bridgehead atoms. The van der Waals surface area contributed by atoms with Crippen molar-refractivity contribution in [2.24, 2.45) is 0 Å². The average molecular weight is 353 g/mol. The molecule has 0 aliphatic carbocycles. The van der Waals surface area contributed by atoms with E-state index < -0.39 is 0 Å². The Balaban J connectivity index is 3.12. The molecule has 0 aromatic carbocycles. The Bertz CT molecular complexity index is 273. The Morgan fingerprint density at radius 3 is 1.20 bits per heavy atom. The van der Waals surface area contributed by atoms with Crippen LogP contribution >= 0.6 is 0 Å². The highest BCUT2D eigenvalue weighted by Gasteiger charge is 1.95. The molecule has 25 heavy (non-hydrogen) atoms. The summed E-state index contributed by atoms with van der Waals surface area (Å²) in [5.41, 5.74) is 0. The van der Waals surface area contributed by atoms with Gasteiger partial charge in [-0.05, 0) is 6.42 Å². The van der Waals surface area contributed by atoms with Gasteiger partial charge in [0, 0.05) is 40.1 Å². The van der Waals surface area contributed by atoms with Crippen LogP contribution < -0.4 is 0 Å². The van der Waals surface area contributed by atoms with Gasteiger partial charge in [0.15, 0.2) is 0 Å². The summed E-state index contributed by atoms with van der Waals surface area (Å²) < 4.78 is 0. The Hall–Kier alpha value is -0.660. The van der Waals surface area contributed by atoms with Crippen LogP contribution in [-0.2, 0) is 0 Å². The summed E-state index contributed by atoms with van der Waals surface area (Å²) in [5, 5.41) is 0. The quantitative estimate of drug-likeness (QED) is 0.226. The minimum Gasteiger partial charge on any atom is -0.382 e. The van der Waals surface area contributed by atoms with Crippen molar-refractivity contribution in [1.29, 1.82) is 0 Å². The first-order valence-electron chi connectivity index (χ1n) is 11.2. The molecule has 2 nitrogen and oxygen atoms in total. The maximum atomic E-state index is 2.30. The topological polar surface area (TPSA) is 6.48 Å². The van der Waals surface area contributed by atoms with E-state index in [-0.39, 0.29) is 0 Å². The summed E-state index contributed by atoms with van der Waals surface area (Å²) in [4.78, 5) is 4.38. The van der Waals surface area contributed by atoms with E-state index in [9.17, 15) is 0 Å². The summed E-state index contributed by atoms with van der Waals surface area (Å²) in [6, 6.07) is 0. The fraction of sp³-hybridized carbons (Fsp3) is 0.913. The third-order valence-electron chi connectivity index (χ3n) is 4.98. The van der Waals surface area contributed by atoms with Crippen LogP contribution in [0.25, 0.3) is 0 Å². The van der Waals surface area contributed by atoms with Gasteiger partial charge in [-0.15, -0.1) is 0 Å². The lowest BCUT2D eigenvalue weighted by Crippen LogP contribution is -2.14. The number of rotatable bonds is 19. The molecular formula is C23H48N2. The van der Waals surface area contributed by atoms with Crippen LogP contribution in [0.3, 0.4) is 0 Å². The fourth-order valence-electron chi connectivity index (χ4n) is 3.23. The molecule has 0 radical (unpaired) electrons. The van der Waals surface area contributed by atoms with Crippen LogP contribution in [-0.4, -0.2) is 37.5 Å². The van der Waals surface area contributed by atoms with Gasteiger partial charge >= 0.3 is 0 Å². The van der Waals surface area contributed by atoms with E-state index in [0.717, 1.165) is 0 Å². The zero-order valence-corrected chi connectivity index (χ0v) is 18.1. The van der Waals surface area contributed by atoms with Crippen molar-refractivity contribution in [1.82, 2.24) is 9.80 Å². The zero-order chi connectivity index (χ0) is 18.6. The first-order chi connectivity index (χ1) is 12.2. The number of nitrogens with zero attached hydrogens (tertiary/aromatic N) is 2. The van der Waals surface area contributed by atoms with E-state index in [1.54, 1.807) is 0 Å². The second kappa shape index (κ2) is 19.7. The summed E-state index contributed by atoms with van der Waals surface area (Å²) in [6.45, 7) is 3.48. The molecule has 0 aliphatic rings. The van der Waals surface area contributed by atoms with E-state index in [1.165, 1.54) is 109 Å². The van der Waals surface area contributed by atoms with Crippen molar-refractivity contribution in [2.75, 3.05) is 27.7 Å². The lowest BCUT2D eigenvalue weighted by atomic mass is 10.0. The third kappa shape index (κ3) is 21.3. The predicted molar refractivity (Wildman–Crippen MR) is 115 cm³/mol. The Labute approximate surface area is 160 Å². The van der Waals surface area contributed by atoms with E-state index in [1.807, 2.05) is 0 Å². The van der Waals surface area contributed by atoms with Crippen LogP contribution in [0.15, 0.2) is 12.4 Å². The van der Waals surface area contributed by atoms with Crippen LogP contribution in [0.4, 0.5) is 0 Å². The first kappa shape index (κ1) is 24.3. The summed E-state index contributed by atoms with van der Waals surface area (Å²) in [6.07, 6.45) is 27.3. The fourth-order valence-corrected chi connectivity index (χ4v) is 3.23. The third-order valence-corrected chi connectivity index (χ3v) is 4.98. The molecule has 0 aliphatic heterocycles. The molecule has 0 fully saturated rings. The van der Waals surface area contributed by atoms with Crippen LogP contribution in [0.5, 0.6) is 0 Å². The molecule has 0 atom stereocenters. The highest BCUT2D eigenvalue weighted by Crippen LogP contribution is 2.13. The van der Waals surface area contributed by atoms with Gasteiger partial charge < -0.3 is 9.80 Å². The predicted octanol–water partition coefficient (Wildman–Crippen LogP) is 7.21. The first-order valence-corrected chi connectivity index (χ1v) is 11.2. The molecular weight excluding hydrogens is 304 g/mol. The van der Waals surface area contributed by atoms with Gasteiger partial charge in [-0.2, -0.15) is 0 Å². The molecule has 2 heteroatoms. The average Bonchev–Trinajstić information content (AvgIpc) is 2.59. The van der Waals surface area contributed by atoms with Crippen molar-refractivity contribution >= 4 is 0 Å². The summed E-state index contributed by atoms with van der Waals surface area (Å²) in [7, 11) is 6.31. The maximum absolute atomic E-state index is 2.30. The number of hydrogen-bond acceptors (Lipinski definition) is 2. The van der Waals surface area contributed by atoms with Gasteiger partial charge in [-0.25, -0.2) is 0 Å². The van der Waals surface area contributed by atoms with E-state index in [2.05, 4.69) is 50.3 Å². The highest BCUT2D eigenvalue weighted by atomic mass is 15.1. The molecule has 0 amide bonds. The van der Waals surface area contributed by atoms with E-state index in [4.69, 9.17) is 0 Å². The molecule has 0 spiro atoms. The van der Waals surface area contributed by atoms with Gasteiger partial charge in [-0.3, -0.25) is 0 Å². The zero-order valence-electron chi connectivity index (χ0n) is 18.1. The molecule has 0 heterocycles. The van der Waals surface area contributed by atoms with Crippen molar-refractivity contribution in [3.8, 4) is 0 Å². The standard InChI is InChI=1S/C23H48N2/c1-5-6-7-8-9-10-11-12-13-14-15-16-17-18-19-20-21-25(4)23-22-24(2)3/h22-23H,5-21H2,1-4H3/b23-22+. The van der Waals surface area contributed by atoms with Crippen molar-refractivity contribution in [3.63, 3.8) is 0 Å². The second-order valence-corrected chi connectivity index (χ2v) is 8.05.